The predicted molar refractivity (Wildman–Crippen MR) is 204 cm³/mol. The Balaban J connectivity index is 1.21. The average molecular weight is 642 g/mol. The van der Waals surface area contributed by atoms with Gasteiger partial charge in [-0.1, -0.05) is 153 Å². The third-order valence-electron chi connectivity index (χ3n) is 10.3. The van der Waals surface area contributed by atoms with E-state index >= 15 is 0 Å². The number of rotatable bonds is 4. The van der Waals surface area contributed by atoms with Crippen LogP contribution in [0.4, 0.5) is 0 Å². The van der Waals surface area contributed by atoms with Crippen molar-refractivity contribution < 1.29 is 4.42 Å². The fourth-order valence-corrected chi connectivity index (χ4v) is 7.91. The summed E-state index contributed by atoms with van der Waals surface area (Å²) in [6, 6.07) is 52.8. The van der Waals surface area contributed by atoms with Gasteiger partial charge in [-0.2, -0.15) is 0 Å². The topological polar surface area (TPSA) is 51.8 Å². The SMILES string of the molecule is CC1(C)c2ccccc2-c2c1c1c3ccccc3oc1c1cc(-c3nc(-c4ccccc4)nc(-c4ccc(-c5ccccc5)cc4)n3)ccc21. The van der Waals surface area contributed by atoms with Crippen molar-refractivity contribution in [3.05, 3.63) is 163 Å². The molecule has 0 saturated heterocycles. The molecular formula is C46H31N3O. The van der Waals surface area contributed by atoms with E-state index in [0.717, 1.165) is 44.2 Å². The number of aromatic nitrogens is 3. The summed E-state index contributed by atoms with van der Waals surface area (Å²) in [5.74, 6) is 1.89. The highest BCUT2D eigenvalue weighted by atomic mass is 16.3. The van der Waals surface area contributed by atoms with Gasteiger partial charge in [0.2, 0.25) is 0 Å². The molecule has 0 aliphatic heterocycles. The van der Waals surface area contributed by atoms with Gasteiger partial charge in [-0.05, 0) is 50.9 Å². The van der Waals surface area contributed by atoms with Crippen LogP contribution >= 0.6 is 0 Å². The smallest absolute Gasteiger partial charge is 0.164 e. The Bertz CT molecular complexity index is 2760. The van der Waals surface area contributed by atoms with Crippen molar-refractivity contribution >= 4 is 32.7 Å². The maximum Gasteiger partial charge on any atom is 0.164 e. The lowest BCUT2D eigenvalue weighted by Crippen LogP contribution is -2.15. The van der Waals surface area contributed by atoms with E-state index in [4.69, 9.17) is 19.4 Å². The molecular weight excluding hydrogens is 611 g/mol. The minimum absolute atomic E-state index is 0.187. The van der Waals surface area contributed by atoms with E-state index in [9.17, 15) is 0 Å². The zero-order chi connectivity index (χ0) is 33.4. The Hall–Kier alpha value is -6.39. The predicted octanol–water partition coefficient (Wildman–Crippen LogP) is 11.9. The molecule has 0 N–H and O–H groups in total. The molecule has 0 saturated carbocycles. The Kier molecular flexibility index (Phi) is 6.19. The fourth-order valence-electron chi connectivity index (χ4n) is 7.91. The average Bonchev–Trinajstić information content (AvgIpc) is 3.68. The molecule has 0 fully saturated rings. The number of hydrogen-bond acceptors (Lipinski definition) is 4. The van der Waals surface area contributed by atoms with Crippen molar-refractivity contribution in [2.24, 2.45) is 0 Å². The van der Waals surface area contributed by atoms with Gasteiger partial charge in [0.1, 0.15) is 11.2 Å². The van der Waals surface area contributed by atoms with Gasteiger partial charge < -0.3 is 4.42 Å². The van der Waals surface area contributed by atoms with Crippen LogP contribution in [0.3, 0.4) is 0 Å². The molecule has 7 aromatic carbocycles. The molecule has 236 valence electrons. The minimum atomic E-state index is -0.187. The molecule has 0 amide bonds. The van der Waals surface area contributed by atoms with Gasteiger partial charge in [0.25, 0.3) is 0 Å². The molecule has 0 spiro atoms. The van der Waals surface area contributed by atoms with Crippen molar-refractivity contribution in [1.82, 2.24) is 15.0 Å². The van der Waals surface area contributed by atoms with Gasteiger partial charge in [-0.3, -0.25) is 0 Å². The molecule has 2 aromatic heterocycles. The molecule has 0 radical (unpaired) electrons. The molecule has 0 unspecified atom stereocenters. The molecule has 50 heavy (non-hydrogen) atoms. The quantitative estimate of drug-likeness (QED) is 0.192. The lowest BCUT2D eigenvalue weighted by Gasteiger charge is -2.23. The third-order valence-corrected chi connectivity index (χ3v) is 10.3. The number of furan rings is 1. The van der Waals surface area contributed by atoms with Gasteiger partial charge in [0, 0.05) is 38.3 Å². The second-order valence-corrected chi connectivity index (χ2v) is 13.6. The second-order valence-electron chi connectivity index (χ2n) is 13.6. The fraction of sp³-hybridized carbons (Fsp3) is 0.0652. The molecule has 4 nitrogen and oxygen atoms in total. The molecule has 2 heterocycles. The first-order valence-electron chi connectivity index (χ1n) is 17.0. The van der Waals surface area contributed by atoms with Crippen LogP contribution < -0.4 is 0 Å². The first-order chi connectivity index (χ1) is 24.5. The highest BCUT2D eigenvalue weighted by Crippen LogP contribution is 2.56. The van der Waals surface area contributed by atoms with E-state index < -0.39 is 0 Å². The van der Waals surface area contributed by atoms with Crippen molar-refractivity contribution in [3.8, 4) is 56.4 Å². The Morgan fingerprint density at radius 2 is 1.00 bits per heavy atom. The third kappa shape index (κ3) is 4.28. The van der Waals surface area contributed by atoms with E-state index in [1.807, 2.05) is 42.5 Å². The highest BCUT2D eigenvalue weighted by molar-refractivity contribution is 6.23. The summed E-state index contributed by atoms with van der Waals surface area (Å²) in [7, 11) is 0. The summed E-state index contributed by atoms with van der Waals surface area (Å²) in [4.78, 5) is 15.2. The molecule has 10 rings (SSSR count). The van der Waals surface area contributed by atoms with Crippen molar-refractivity contribution in [1.29, 1.82) is 0 Å². The number of fused-ring (bicyclic) bond motifs is 10. The van der Waals surface area contributed by atoms with E-state index in [1.54, 1.807) is 0 Å². The van der Waals surface area contributed by atoms with Crippen LogP contribution in [0.5, 0.6) is 0 Å². The number of nitrogens with zero attached hydrogens (tertiary/aromatic N) is 3. The summed E-state index contributed by atoms with van der Waals surface area (Å²) in [5, 5.41) is 4.54. The largest absolute Gasteiger partial charge is 0.455 e. The zero-order valence-corrected chi connectivity index (χ0v) is 27.7. The maximum absolute atomic E-state index is 6.75. The van der Waals surface area contributed by atoms with Gasteiger partial charge in [-0.25, -0.2) is 15.0 Å². The molecule has 0 bridgehead atoms. The molecule has 0 atom stereocenters. The first-order valence-corrected chi connectivity index (χ1v) is 17.0. The summed E-state index contributed by atoms with van der Waals surface area (Å²) >= 11 is 0. The highest BCUT2D eigenvalue weighted by Gasteiger charge is 2.39. The summed E-state index contributed by atoms with van der Waals surface area (Å²) < 4.78 is 6.75. The summed E-state index contributed by atoms with van der Waals surface area (Å²) in [6.07, 6.45) is 0. The molecule has 9 aromatic rings. The van der Waals surface area contributed by atoms with Gasteiger partial charge >= 0.3 is 0 Å². The normalized spacial score (nSPS) is 13.2. The number of hydrogen-bond donors (Lipinski definition) is 0. The number of benzene rings is 7. The van der Waals surface area contributed by atoms with Crippen LogP contribution in [-0.2, 0) is 5.41 Å². The van der Waals surface area contributed by atoms with E-state index in [2.05, 4.69) is 123 Å². The minimum Gasteiger partial charge on any atom is -0.455 e. The van der Waals surface area contributed by atoms with Gasteiger partial charge in [-0.15, -0.1) is 0 Å². The Labute approximate surface area is 289 Å². The first kappa shape index (κ1) is 28.6. The van der Waals surface area contributed by atoms with Crippen LogP contribution in [0.2, 0.25) is 0 Å². The summed E-state index contributed by atoms with van der Waals surface area (Å²) in [6.45, 7) is 4.67. The number of para-hydroxylation sites is 1. The second kappa shape index (κ2) is 10.8. The molecule has 1 aliphatic carbocycles. The standard InChI is InChI=1S/C46H31N3O/c1-46(2)37-19-11-9-17-34(37)39-33-26-25-32(27-36(33)42-40(41(39)46)35-18-10-12-20-38(35)50-42)45-48-43(30-15-7-4-8-16-30)47-44(49-45)31-23-21-29(22-24-31)28-13-5-3-6-14-28/h3-27H,1-2H3. The molecule has 4 heteroatoms. The zero-order valence-electron chi connectivity index (χ0n) is 27.7. The van der Waals surface area contributed by atoms with Crippen molar-refractivity contribution in [2.45, 2.75) is 19.3 Å². The van der Waals surface area contributed by atoms with Gasteiger partial charge in [0.05, 0.1) is 0 Å². The Morgan fingerprint density at radius 3 is 1.74 bits per heavy atom. The van der Waals surface area contributed by atoms with E-state index in [-0.39, 0.29) is 5.41 Å². The van der Waals surface area contributed by atoms with Crippen molar-refractivity contribution in [3.63, 3.8) is 0 Å². The van der Waals surface area contributed by atoms with Crippen LogP contribution in [0, 0.1) is 0 Å². The monoisotopic (exact) mass is 641 g/mol. The van der Waals surface area contributed by atoms with Crippen LogP contribution in [0.1, 0.15) is 25.0 Å². The van der Waals surface area contributed by atoms with E-state index in [1.165, 1.54) is 38.6 Å². The maximum atomic E-state index is 6.75. The van der Waals surface area contributed by atoms with Gasteiger partial charge in [0.15, 0.2) is 17.5 Å². The Morgan fingerprint density at radius 1 is 0.460 bits per heavy atom. The lowest BCUT2D eigenvalue weighted by molar-refractivity contribution is 0.659. The van der Waals surface area contributed by atoms with E-state index in [0.29, 0.717) is 17.5 Å². The summed E-state index contributed by atoms with van der Waals surface area (Å²) in [5.41, 5.74) is 11.9. The molecule has 1 aliphatic rings. The lowest BCUT2D eigenvalue weighted by atomic mass is 9.79. The van der Waals surface area contributed by atoms with Crippen LogP contribution in [0.25, 0.3) is 89.1 Å². The van der Waals surface area contributed by atoms with Crippen LogP contribution in [0.15, 0.2) is 156 Å². The van der Waals surface area contributed by atoms with Crippen LogP contribution in [-0.4, -0.2) is 15.0 Å². The van der Waals surface area contributed by atoms with Crippen molar-refractivity contribution in [2.75, 3.05) is 0 Å².